The van der Waals surface area contributed by atoms with Crippen molar-refractivity contribution < 1.29 is 14.6 Å². The standard InChI is InChI=1S/C18H22O3/c1-13(2)21-15-9-7-8-14(12-15)18(3,19)16-10-5-6-11-17(16)20-4/h5-13,19H,1-4H3. The monoisotopic (exact) mass is 286 g/mol. The topological polar surface area (TPSA) is 38.7 Å². The molecule has 3 nitrogen and oxygen atoms in total. The fourth-order valence-corrected chi connectivity index (χ4v) is 2.35. The number of hydrogen-bond donors (Lipinski definition) is 1. The normalized spacial score (nSPS) is 13.8. The Morgan fingerprint density at radius 3 is 2.43 bits per heavy atom. The minimum absolute atomic E-state index is 0.0939. The lowest BCUT2D eigenvalue weighted by molar-refractivity contribution is 0.0983. The molecule has 3 heteroatoms. The molecule has 0 fully saturated rings. The second-order valence-corrected chi connectivity index (χ2v) is 5.47. The summed E-state index contributed by atoms with van der Waals surface area (Å²) in [5, 5.41) is 11.0. The Bertz CT molecular complexity index is 603. The van der Waals surface area contributed by atoms with Gasteiger partial charge in [0.25, 0.3) is 0 Å². The van der Waals surface area contributed by atoms with Crippen molar-refractivity contribution in [3.8, 4) is 11.5 Å². The number of rotatable bonds is 5. The van der Waals surface area contributed by atoms with Crippen molar-refractivity contribution in [1.82, 2.24) is 0 Å². The van der Waals surface area contributed by atoms with Crippen molar-refractivity contribution in [2.24, 2.45) is 0 Å². The molecule has 0 spiro atoms. The van der Waals surface area contributed by atoms with Gasteiger partial charge in [0.2, 0.25) is 0 Å². The first-order valence-electron chi connectivity index (χ1n) is 7.08. The second kappa shape index (κ2) is 6.19. The lowest BCUT2D eigenvalue weighted by Crippen LogP contribution is -2.23. The predicted molar refractivity (Wildman–Crippen MR) is 83.9 cm³/mol. The van der Waals surface area contributed by atoms with E-state index < -0.39 is 5.60 Å². The molecule has 1 N–H and O–H groups in total. The maximum atomic E-state index is 11.0. The molecule has 0 radical (unpaired) electrons. The molecule has 2 aromatic rings. The van der Waals surface area contributed by atoms with Crippen LogP contribution >= 0.6 is 0 Å². The van der Waals surface area contributed by atoms with E-state index in [1.54, 1.807) is 14.0 Å². The van der Waals surface area contributed by atoms with E-state index in [-0.39, 0.29) is 6.10 Å². The highest BCUT2D eigenvalue weighted by atomic mass is 16.5. The molecule has 2 rings (SSSR count). The first kappa shape index (κ1) is 15.4. The van der Waals surface area contributed by atoms with Crippen LogP contribution in [0, 0.1) is 0 Å². The van der Waals surface area contributed by atoms with Crippen molar-refractivity contribution in [3.05, 3.63) is 59.7 Å². The molecular weight excluding hydrogens is 264 g/mol. The van der Waals surface area contributed by atoms with Crippen LogP contribution < -0.4 is 9.47 Å². The van der Waals surface area contributed by atoms with E-state index in [4.69, 9.17) is 9.47 Å². The van der Waals surface area contributed by atoms with E-state index in [9.17, 15) is 5.11 Å². The lowest BCUT2D eigenvalue weighted by Gasteiger charge is -2.27. The molecule has 0 aliphatic rings. The molecule has 1 atom stereocenters. The molecule has 21 heavy (non-hydrogen) atoms. The van der Waals surface area contributed by atoms with Crippen LogP contribution in [-0.2, 0) is 5.60 Å². The molecule has 0 saturated carbocycles. The fourth-order valence-electron chi connectivity index (χ4n) is 2.35. The van der Waals surface area contributed by atoms with E-state index >= 15 is 0 Å². The number of aliphatic hydroxyl groups is 1. The first-order valence-corrected chi connectivity index (χ1v) is 7.08. The fraction of sp³-hybridized carbons (Fsp3) is 0.333. The van der Waals surface area contributed by atoms with Gasteiger partial charge in [0, 0.05) is 5.56 Å². The Hall–Kier alpha value is -2.00. The molecule has 0 aliphatic carbocycles. The average molecular weight is 286 g/mol. The van der Waals surface area contributed by atoms with Gasteiger partial charge in [-0.2, -0.15) is 0 Å². The summed E-state index contributed by atoms with van der Waals surface area (Å²) >= 11 is 0. The molecule has 2 aromatic carbocycles. The summed E-state index contributed by atoms with van der Waals surface area (Å²) < 4.78 is 11.1. The third-order valence-electron chi connectivity index (χ3n) is 3.40. The SMILES string of the molecule is COc1ccccc1C(C)(O)c1cccc(OC(C)C)c1. The summed E-state index contributed by atoms with van der Waals surface area (Å²) in [6, 6.07) is 15.0. The highest BCUT2D eigenvalue weighted by molar-refractivity contribution is 5.45. The van der Waals surface area contributed by atoms with Gasteiger partial charge in [-0.3, -0.25) is 0 Å². The Morgan fingerprint density at radius 1 is 1.05 bits per heavy atom. The van der Waals surface area contributed by atoms with E-state index in [1.165, 1.54) is 0 Å². The van der Waals surface area contributed by atoms with Gasteiger partial charge in [-0.25, -0.2) is 0 Å². The van der Waals surface area contributed by atoms with Gasteiger partial charge in [-0.1, -0.05) is 30.3 Å². The highest BCUT2D eigenvalue weighted by Crippen LogP contribution is 2.36. The van der Waals surface area contributed by atoms with E-state index in [0.29, 0.717) is 5.75 Å². The van der Waals surface area contributed by atoms with Crippen LogP contribution in [0.1, 0.15) is 31.9 Å². The van der Waals surface area contributed by atoms with Crippen LogP contribution in [0.3, 0.4) is 0 Å². The molecule has 1 unspecified atom stereocenters. The molecular formula is C18H22O3. The van der Waals surface area contributed by atoms with Crippen molar-refractivity contribution in [3.63, 3.8) is 0 Å². The molecule has 0 aliphatic heterocycles. The van der Waals surface area contributed by atoms with Gasteiger partial charge in [-0.05, 0) is 44.5 Å². The van der Waals surface area contributed by atoms with Crippen LogP contribution in [0.5, 0.6) is 11.5 Å². The number of ether oxygens (including phenoxy) is 2. The molecule has 0 saturated heterocycles. The third kappa shape index (κ3) is 3.37. The van der Waals surface area contributed by atoms with Crippen molar-refractivity contribution in [2.75, 3.05) is 7.11 Å². The average Bonchev–Trinajstić information content (AvgIpc) is 2.46. The van der Waals surface area contributed by atoms with Gasteiger partial charge in [-0.15, -0.1) is 0 Å². The van der Waals surface area contributed by atoms with E-state index in [2.05, 4.69) is 0 Å². The zero-order valence-electron chi connectivity index (χ0n) is 13.0. The lowest BCUT2D eigenvalue weighted by atomic mass is 9.87. The van der Waals surface area contributed by atoms with Crippen molar-refractivity contribution in [1.29, 1.82) is 0 Å². The maximum Gasteiger partial charge on any atom is 0.125 e. The van der Waals surface area contributed by atoms with Crippen LogP contribution in [-0.4, -0.2) is 18.3 Å². The number of para-hydroxylation sites is 1. The minimum atomic E-state index is -1.15. The van der Waals surface area contributed by atoms with Crippen LogP contribution in [0.25, 0.3) is 0 Å². The number of methoxy groups -OCH3 is 1. The highest BCUT2D eigenvalue weighted by Gasteiger charge is 2.29. The largest absolute Gasteiger partial charge is 0.496 e. The van der Waals surface area contributed by atoms with Gasteiger partial charge in [0.05, 0.1) is 13.2 Å². The summed E-state index contributed by atoms with van der Waals surface area (Å²) in [7, 11) is 1.60. The van der Waals surface area contributed by atoms with E-state index in [1.807, 2.05) is 62.4 Å². The number of benzene rings is 2. The van der Waals surface area contributed by atoms with Crippen molar-refractivity contribution in [2.45, 2.75) is 32.5 Å². The molecule has 0 heterocycles. The number of hydrogen-bond acceptors (Lipinski definition) is 3. The van der Waals surface area contributed by atoms with Gasteiger partial charge in [0.1, 0.15) is 17.1 Å². The summed E-state index contributed by atoms with van der Waals surface area (Å²) in [5.41, 5.74) is 0.350. The second-order valence-electron chi connectivity index (χ2n) is 5.47. The van der Waals surface area contributed by atoms with Gasteiger partial charge in [0.15, 0.2) is 0 Å². The van der Waals surface area contributed by atoms with E-state index in [0.717, 1.165) is 16.9 Å². The van der Waals surface area contributed by atoms with Crippen LogP contribution in [0.15, 0.2) is 48.5 Å². The zero-order valence-corrected chi connectivity index (χ0v) is 13.0. The van der Waals surface area contributed by atoms with Gasteiger partial charge < -0.3 is 14.6 Å². The smallest absolute Gasteiger partial charge is 0.125 e. The summed E-state index contributed by atoms with van der Waals surface area (Å²) in [6.45, 7) is 5.72. The Labute approximate surface area is 126 Å². The predicted octanol–water partition coefficient (Wildman–Crippen LogP) is 3.74. The third-order valence-corrected chi connectivity index (χ3v) is 3.40. The summed E-state index contributed by atoms with van der Waals surface area (Å²) in [5.74, 6) is 1.41. The zero-order chi connectivity index (χ0) is 15.5. The van der Waals surface area contributed by atoms with Gasteiger partial charge >= 0.3 is 0 Å². The Balaban J connectivity index is 2.43. The minimum Gasteiger partial charge on any atom is -0.496 e. The molecule has 0 bridgehead atoms. The maximum absolute atomic E-state index is 11.0. The Morgan fingerprint density at radius 2 is 1.76 bits per heavy atom. The summed E-state index contributed by atoms with van der Waals surface area (Å²) in [4.78, 5) is 0. The van der Waals surface area contributed by atoms with Crippen LogP contribution in [0.4, 0.5) is 0 Å². The quantitative estimate of drug-likeness (QED) is 0.910. The van der Waals surface area contributed by atoms with Crippen LogP contribution in [0.2, 0.25) is 0 Å². The molecule has 112 valence electrons. The van der Waals surface area contributed by atoms with Crippen molar-refractivity contribution >= 4 is 0 Å². The molecule has 0 aromatic heterocycles. The molecule has 0 amide bonds. The summed E-state index contributed by atoms with van der Waals surface area (Å²) in [6.07, 6.45) is 0.0939. The Kier molecular flexibility index (Phi) is 4.53. The first-order chi connectivity index (χ1) is 9.95.